The van der Waals surface area contributed by atoms with Gasteiger partial charge >= 0.3 is 6.02 Å². The fraction of sp³-hybridized carbons (Fsp3) is 0.519. The van der Waals surface area contributed by atoms with E-state index in [-0.39, 0.29) is 19.0 Å². The summed E-state index contributed by atoms with van der Waals surface area (Å²) in [4.78, 5) is 2.40. The van der Waals surface area contributed by atoms with Crippen LogP contribution in [-0.2, 0) is 25.9 Å². The van der Waals surface area contributed by atoms with Crippen molar-refractivity contribution in [2.45, 2.75) is 50.0 Å². The maximum Gasteiger partial charge on any atom is 0.301 e. The minimum atomic E-state index is -4.00. The van der Waals surface area contributed by atoms with Gasteiger partial charge in [0.15, 0.2) is 0 Å². The van der Waals surface area contributed by atoms with Crippen LogP contribution in [0.4, 0.5) is 4.39 Å². The number of hydrogen-bond acceptors (Lipinski definition) is 7. The predicted octanol–water partition coefficient (Wildman–Crippen LogP) is 3.34. The van der Waals surface area contributed by atoms with Crippen LogP contribution in [0.3, 0.4) is 0 Å². The molecule has 0 amide bonds. The third-order valence-electron chi connectivity index (χ3n) is 6.82. The Morgan fingerprint density at radius 1 is 1.16 bits per heavy atom. The first-order chi connectivity index (χ1) is 17.7. The topological polar surface area (TPSA) is 100 Å². The van der Waals surface area contributed by atoms with Crippen LogP contribution in [-0.4, -0.2) is 69.5 Å². The molecule has 2 aromatic carbocycles. The highest BCUT2D eigenvalue weighted by Gasteiger charge is 2.47. The van der Waals surface area contributed by atoms with E-state index in [0.717, 1.165) is 51.3 Å². The molecule has 37 heavy (non-hydrogen) atoms. The Kier molecular flexibility index (Phi) is 8.84. The van der Waals surface area contributed by atoms with Gasteiger partial charge in [-0.3, -0.25) is 4.90 Å². The predicted molar refractivity (Wildman–Crippen MR) is 140 cm³/mol. The standard InChI is InChI=1S/C27H36FN3O5S/c1-27(2)25(21-11-9-20(10-12-21)6-5-14-31-15-18-35-19-16-31)37(33,34)30-26(36-27)29-24(13-17-32)22-7-3-4-8-23(22)28/h3-4,7-12,24-25,32H,5-6,13-19H2,1-2H3,(H,29,30)/t24-,25?/m0/s1. The van der Waals surface area contributed by atoms with Crippen molar-refractivity contribution >= 4 is 16.0 Å². The Morgan fingerprint density at radius 2 is 1.86 bits per heavy atom. The van der Waals surface area contributed by atoms with Crippen LogP contribution in [0.15, 0.2) is 52.9 Å². The molecular weight excluding hydrogens is 497 g/mol. The number of aliphatic hydroxyl groups is 1. The zero-order valence-corrected chi connectivity index (χ0v) is 22.2. The van der Waals surface area contributed by atoms with Crippen molar-refractivity contribution in [1.82, 2.24) is 10.2 Å². The molecule has 2 N–H and O–H groups in total. The van der Waals surface area contributed by atoms with Crippen molar-refractivity contribution in [2.24, 2.45) is 4.40 Å². The summed E-state index contributed by atoms with van der Waals surface area (Å²) < 4.78 is 56.4. The Balaban J connectivity index is 1.47. The number of aliphatic hydroxyl groups excluding tert-OH is 1. The first-order valence-electron chi connectivity index (χ1n) is 12.7. The van der Waals surface area contributed by atoms with Crippen LogP contribution in [0.25, 0.3) is 0 Å². The highest BCUT2D eigenvalue weighted by molar-refractivity contribution is 7.90. The lowest BCUT2D eigenvalue weighted by Gasteiger charge is -2.38. The molecule has 1 fully saturated rings. The maximum absolute atomic E-state index is 14.4. The smallest absolute Gasteiger partial charge is 0.301 e. The van der Waals surface area contributed by atoms with E-state index in [4.69, 9.17) is 9.47 Å². The molecule has 202 valence electrons. The van der Waals surface area contributed by atoms with Crippen molar-refractivity contribution in [3.63, 3.8) is 0 Å². The summed E-state index contributed by atoms with van der Waals surface area (Å²) in [5.41, 5.74) is 0.904. The number of benzene rings is 2. The Labute approximate surface area is 218 Å². The molecule has 2 atom stereocenters. The lowest BCUT2D eigenvalue weighted by atomic mass is 9.96. The lowest BCUT2D eigenvalue weighted by molar-refractivity contribution is 0.0374. The van der Waals surface area contributed by atoms with Gasteiger partial charge in [-0.2, -0.15) is 0 Å². The van der Waals surface area contributed by atoms with E-state index in [1.165, 1.54) is 6.07 Å². The second-order valence-corrected chi connectivity index (χ2v) is 11.7. The molecule has 10 heteroatoms. The van der Waals surface area contributed by atoms with Gasteiger partial charge in [0.2, 0.25) is 0 Å². The summed E-state index contributed by atoms with van der Waals surface area (Å²) >= 11 is 0. The van der Waals surface area contributed by atoms with Crippen LogP contribution in [0.1, 0.15) is 54.7 Å². The summed E-state index contributed by atoms with van der Waals surface area (Å²) in [6, 6.07) is 12.8. The monoisotopic (exact) mass is 533 g/mol. The van der Waals surface area contributed by atoms with E-state index >= 15 is 0 Å². The Hall–Kier alpha value is -2.53. The largest absolute Gasteiger partial charge is 0.457 e. The first kappa shape index (κ1) is 27.5. The summed E-state index contributed by atoms with van der Waals surface area (Å²) in [7, 11) is -4.00. The summed E-state index contributed by atoms with van der Waals surface area (Å²) in [6.07, 6.45) is 2.08. The van der Waals surface area contributed by atoms with E-state index in [0.29, 0.717) is 11.1 Å². The van der Waals surface area contributed by atoms with Gasteiger partial charge in [-0.15, -0.1) is 4.40 Å². The number of nitrogens with zero attached hydrogens (tertiary/aromatic N) is 2. The van der Waals surface area contributed by atoms with Crippen molar-refractivity contribution < 1.29 is 27.4 Å². The number of morpholine rings is 1. The molecule has 0 aromatic heterocycles. The molecule has 4 rings (SSSR count). The number of halogens is 1. The fourth-order valence-corrected chi connectivity index (χ4v) is 6.70. The van der Waals surface area contributed by atoms with Crippen molar-refractivity contribution in [3.05, 3.63) is 71.0 Å². The average molecular weight is 534 g/mol. The minimum Gasteiger partial charge on any atom is -0.457 e. The van der Waals surface area contributed by atoms with Gasteiger partial charge < -0.3 is 19.9 Å². The number of aryl methyl sites for hydroxylation is 1. The summed E-state index contributed by atoms with van der Waals surface area (Å²) in [5, 5.41) is 11.4. The average Bonchev–Trinajstić information content (AvgIpc) is 2.84. The molecule has 2 heterocycles. The Morgan fingerprint density at radius 3 is 2.51 bits per heavy atom. The third-order valence-corrected chi connectivity index (χ3v) is 8.68. The highest BCUT2D eigenvalue weighted by atomic mass is 32.2. The van der Waals surface area contributed by atoms with E-state index in [1.54, 1.807) is 32.0 Å². The maximum atomic E-state index is 14.4. The molecule has 2 aliphatic heterocycles. The van der Waals surface area contributed by atoms with Crippen LogP contribution in [0, 0.1) is 5.82 Å². The molecule has 0 saturated carbocycles. The highest BCUT2D eigenvalue weighted by Crippen LogP contribution is 2.40. The molecule has 1 unspecified atom stereocenters. The second kappa shape index (κ2) is 11.9. The van der Waals surface area contributed by atoms with Crippen LogP contribution in [0.2, 0.25) is 0 Å². The van der Waals surface area contributed by atoms with Crippen LogP contribution in [0.5, 0.6) is 0 Å². The Bertz CT molecular complexity index is 1180. The van der Waals surface area contributed by atoms with Crippen LogP contribution < -0.4 is 5.32 Å². The zero-order chi connectivity index (χ0) is 26.5. The lowest BCUT2D eigenvalue weighted by Crippen LogP contribution is -2.47. The van der Waals surface area contributed by atoms with Crippen molar-refractivity contribution in [1.29, 1.82) is 0 Å². The molecule has 0 radical (unpaired) electrons. The number of nitrogens with one attached hydrogen (secondary N) is 1. The SMILES string of the molecule is CC1(C)OC(N[C@@H](CCO)c2ccccc2F)=NS(=O)(=O)C1c1ccc(CCCN2CCOCC2)cc1. The molecule has 8 nitrogen and oxygen atoms in total. The number of amidine groups is 1. The first-order valence-corrected chi connectivity index (χ1v) is 14.2. The second-order valence-electron chi connectivity index (χ2n) is 10.0. The van der Waals surface area contributed by atoms with Gasteiger partial charge in [-0.05, 0) is 56.8 Å². The molecule has 0 bridgehead atoms. The number of sulfonamides is 1. The number of hydrogen-bond donors (Lipinski definition) is 2. The number of ether oxygens (including phenoxy) is 2. The fourth-order valence-electron chi connectivity index (χ4n) is 5.01. The normalized spacial score (nSPS) is 22.1. The van der Waals surface area contributed by atoms with Gasteiger partial charge in [-0.1, -0.05) is 42.5 Å². The zero-order valence-electron chi connectivity index (χ0n) is 21.4. The van der Waals surface area contributed by atoms with Gasteiger partial charge in [0.25, 0.3) is 10.0 Å². The third kappa shape index (κ3) is 6.87. The molecule has 2 aliphatic rings. The molecule has 0 spiro atoms. The minimum absolute atomic E-state index is 0.153. The van der Waals surface area contributed by atoms with E-state index in [1.807, 2.05) is 24.3 Å². The number of rotatable bonds is 9. The molecule has 0 aliphatic carbocycles. The van der Waals surface area contributed by atoms with Gasteiger partial charge in [0, 0.05) is 25.3 Å². The quantitative estimate of drug-likeness (QED) is 0.510. The molecule has 1 saturated heterocycles. The van der Waals surface area contributed by atoms with E-state index in [9.17, 15) is 17.9 Å². The van der Waals surface area contributed by atoms with Gasteiger partial charge in [0.1, 0.15) is 16.7 Å². The van der Waals surface area contributed by atoms with Gasteiger partial charge in [-0.25, -0.2) is 12.8 Å². The van der Waals surface area contributed by atoms with Crippen molar-refractivity contribution in [2.75, 3.05) is 39.5 Å². The van der Waals surface area contributed by atoms with E-state index < -0.39 is 32.7 Å². The molecule has 2 aromatic rings. The van der Waals surface area contributed by atoms with Crippen LogP contribution >= 0.6 is 0 Å². The van der Waals surface area contributed by atoms with Gasteiger partial charge in [0.05, 0.1) is 19.3 Å². The molecular formula is C27H36FN3O5S. The summed E-state index contributed by atoms with van der Waals surface area (Å²) in [5.74, 6) is -0.463. The van der Waals surface area contributed by atoms with E-state index in [2.05, 4.69) is 14.6 Å². The summed E-state index contributed by atoms with van der Waals surface area (Å²) in [6.45, 7) is 7.69. The van der Waals surface area contributed by atoms with Crippen molar-refractivity contribution in [3.8, 4) is 0 Å².